The van der Waals surface area contributed by atoms with Crippen molar-refractivity contribution in [1.29, 1.82) is 0 Å². The van der Waals surface area contributed by atoms with Crippen molar-refractivity contribution < 1.29 is 46.5 Å². The molecule has 0 saturated heterocycles. The van der Waals surface area contributed by atoms with Gasteiger partial charge in [0, 0.05) is 22.9 Å². The van der Waals surface area contributed by atoms with Crippen LogP contribution in [0.25, 0.3) is 5.57 Å². The van der Waals surface area contributed by atoms with Crippen LogP contribution in [0.4, 0.5) is 18.9 Å². The molecule has 4 rings (SSSR count). The van der Waals surface area contributed by atoms with Crippen LogP contribution >= 0.6 is 0 Å². The number of fused-ring (bicyclic) bond motifs is 1. The third-order valence-electron chi connectivity index (χ3n) is 5.63. The maximum Gasteiger partial charge on any atom is 0.573 e. The minimum atomic E-state index is -4.87. The lowest BCUT2D eigenvalue weighted by Crippen LogP contribution is -2.21. The first-order chi connectivity index (χ1) is 19.1. The number of anilines is 1. The van der Waals surface area contributed by atoms with Crippen molar-refractivity contribution in [3.8, 4) is 17.2 Å². The Bertz CT molecular complexity index is 1540. The first kappa shape index (κ1) is 28.0. The van der Waals surface area contributed by atoms with Crippen LogP contribution in [0.2, 0.25) is 0 Å². The van der Waals surface area contributed by atoms with Crippen molar-refractivity contribution >= 4 is 29.1 Å². The molecule has 0 unspecified atom stereocenters. The summed E-state index contributed by atoms with van der Waals surface area (Å²) >= 11 is 0. The monoisotopic (exact) mass is 553 g/mol. The summed E-state index contributed by atoms with van der Waals surface area (Å²) < 4.78 is 58.5. The predicted molar refractivity (Wildman–Crippen MR) is 138 cm³/mol. The zero-order valence-electron chi connectivity index (χ0n) is 21.3. The van der Waals surface area contributed by atoms with Gasteiger partial charge in [-0.3, -0.25) is 4.79 Å². The highest BCUT2D eigenvalue weighted by Gasteiger charge is 2.31. The molecular formula is C29H22F3NO7. The highest BCUT2D eigenvalue weighted by atomic mass is 19.4. The Hall–Kier alpha value is -5.02. The number of ether oxygens (including phenoxy) is 4. The third-order valence-corrected chi connectivity index (χ3v) is 5.63. The fourth-order valence-electron chi connectivity index (χ4n) is 3.95. The second kappa shape index (κ2) is 11.8. The summed E-state index contributed by atoms with van der Waals surface area (Å²) in [6.45, 7) is 3.16. The van der Waals surface area contributed by atoms with E-state index < -0.39 is 24.0 Å². The van der Waals surface area contributed by atoms with Crippen molar-refractivity contribution in [2.24, 2.45) is 0 Å². The summed E-state index contributed by atoms with van der Waals surface area (Å²) in [5, 5.41) is 2.64. The van der Waals surface area contributed by atoms with E-state index in [1.807, 2.05) is 0 Å². The molecule has 0 spiro atoms. The molecule has 1 amide bonds. The van der Waals surface area contributed by atoms with Gasteiger partial charge in [0.15, 0.2) is 12.5 Å². The normalized spacial score (nSPS) is 12.3. The average Bonchev–Trinajstić information content (AvgIpc) is 2.91. The number of carbonyl (C=O) groups excluding carboxylic acids is 3. The van der Waals surface area contributed by atoms with Gasteiger partial charge in [0.05, 0.1) is 12.2 Å². The van der Waals surface area contributed by atoms with Crippen LogP contribution in [-0.4, -0.2) is 37.4 Å². The number of allylic oxidation sites excluding steroid dienone is 1. The number of carbonyl (C=O) groups is 2. The largest absolute Gasteiger partial charge is 0.573 e. The van der Waals surface area contributed by atoms with Crippen molar-refractivity contribution in [3.05, 3.63) is 94.8 Å². The number of hydrogen-bond acceptors (Lipinski definition) is 7. The fraction of sp³-hybridized carbons (Fsp3) is 0.172. The second-order valence-corrected chi connectivity index (χ2v) is 8.41. The standard InChI is InChI=1S/C29H22F3NO7/c1-3-37-28(36)19-7-4-8-20(12-19)33-26(35)16-38-25-11-10-23-24(14-22(15-34)39-27(23)17(25)2)18-6-5-9-21(13-18)40-29(30,31)32/h4-14H,3,16H2,1-2H3,(H,33,35). The van der Waals surface area contributed by atoms with Crippen LogP contribution in [0.15, 0.2) is 72.5 Å². The first-order valence-electron chi connectivity index (χ1n) is 11.9. The van der Waals surface area contributed by atoms with E-state index in [1.54, 1.807) is 56.2 Å². The van der Waals surface area contributed by atoms with E-state index in [1.165, 1.54) is 24.3 Å². The number of esters is 1. The topological polar surface area (TPSA) is 100 Å². The van der Waals surface area contributed by atoms with Gasteiger partial charge < -0.3 is 24.3 Å². The van der Waals surface area contributed by atoms with Crippen molar-refractivity contribution in [2.75, 3.05) is 18.5 Å². The van der Waals surface area contributed by atoms with E-state index in [9.17, 15) is 27.6 Å². The maximum absolute atomic E-state index is 12.7. The molecule has 1 N–H and O–H groups in total. The molecule has 3 aromatic carbocycles. The van der Waals surface area contributed by atoms with E-state index in [0.717, 1.165) is 6.07 Å². The molecular weight excluding hydrogens is 531 g/mol. The Kier molecular flexibility index (Phi) is 8.26. The Morgan fingerprint density at radius 3 is 2.55 bits per heavy atom. The first-order valence-corrected chi connectivity index (χ1v) is 11.9. The Balaban J connectivity index is 1.53. The quantitative estimate of drug-likeness (QED) is 0.285. The van der Waals surface area contributed by atoms with Gasteiger partial charge in [-0.1, -0.05) is 18.2 Å². The lowest BCUT2D eigenvalue weighted by molar-refractivity contribution is -0.274. The molecule has 206 valence electrons. The molecule has 40 heavy (non-hydrogen) atoms. The van der Waals surface area contributed by atoms with Gasteiger partial charge in [0.2, 0.25) is 5.76 Å². The van der Waals surface area contributed by atoms with Crippen molar-refractivity contribution in [3.63, 3.8) is 0 Å². The van der Waals surface area contributed by atoms with Gasteiger partial charge in [-0.15, -0.1) is 13.2 Å². The molecule has 3 aromatic rings. The highest BCUT2D eigenvalue weighted by Crippen LogP contribution is 2.42. The molecule has 0 fully saturated rings. The van der Waals surface area contributed by atoms with E-state index in [4.69, 9.17) is 14.2 Å². The SMILES string of the molecule is CCOC(=O)c1cccc(NC(=O)COc2ccc3c(c2C)OC(=C=O)C=C3c2cccc(OC(F)(F)F)c2)c1. The van der Waals surface area contributed by atoms with Gasteiger partial charge in [-0.25, -0.2) is 9.59 Å². The summed E-state index contributed by atoms with van der Waals surface area (Å²) in [7, 11) is 0. The average molecular weight is 553 g/mol. The molecule has 0 radical (unpaired) electrons. The maximum atomic E-state index is 12.7. The van der Waals surface area contributed by atoms with Crippen molar-refractivity contribution in [2.45, 2.75) is 20.2 Å². The molecule has 0 atom stereocenters. The van der Waals surface area contributed by atoms with Crippen LogP contribution in [-0.2, 0) is 14.3 Å². The lowest BCUT2D eigenvalue weighted by Gasteiger charge is -2.23. The fourth-order valence-corrected chi connectivity index (χ4v) is 3.95. The zero-order chi connectivity index (χ0) is 28.9. The molecule has 1 aliphatic rings. The molecule has 1 aliphatic heterocycles. The van der Waals surface area contributed by atoms with Crippen LogP contribution in [0.1, 0.15) is 34.0 Å². The number of halogens is 3. The zero-order valence-corrected chi connectivity index (χ0v) is 21.3. The Labute approximate surface area is 226 Å². The van der Waals surface area contributed by atoms with E-state index >= 15 is 0 Å². The number of alkyl halides is 3. The van der Waals surface area contributed by atoms with Crippen LogP contribution < -0.4 is 19.5 Å². The smallest absolute Gasteiger partial charge is 0.483 e. The van der Waals surface area contributed by atoms with Gasteiger partial charge in [-0.2, -0.15) is 0 Å². The number of nitrogens with one attached hydrogen (secondary N) is 1. The molecule has 0 aliphatic carbocycles. The Morgan fingerprint density at radius 2 is 1.82 bits per heavy atom. The molecule has 0 saturated carbocycles. The van der Waals surface area contributed by atoms with Crippen LogP contribution in [0.3, 0.4) is 0 Å². The number of benzene rings is 3. The molecule has 11 heteroatoms. The predicted octanol–water partition coefficient (Wildman–Crippen LogP) is 5.63. The van der Waals surface area contributed by atoms with Gasteiger partial charge in [-0.05, 0) is 67.4 Å². The highest BCUT2D eigenvalue weighted by molar-refractivity contribution is 5.95. The van der Waals surface area contributed by atoms with E-state index in [0.29, 0.717) is 28.0 Å². The molecule has 0 bridgehead atoms. The van der Waals surface area contributed by atoms with Crippen LogP contribution in [0, 0.1) is 6.92 Å². The third kappa shape index (κ3) is 6.69. The lowest BCUT2D eigenvalue weighted by atomic mass is 9.93. The van der Waals surface area contributed by atoms with Crippen LogP contribution in [0.5, 0.6) is 17.2 Å². The summed E-state index contributed by atoms with van der Waals surface area (Å²) in [6.07, 6.45) is -3.51. The number of rotatable bonds is 8. The molecule has 1 heterocycles. The van der Waals surface area contributed by atoms with E-state index in [-0.39, 0.29) is 36.0 Å². The summed E-state index contributed by atoms with van der Waals surface area (Å²) in [6, 6.07) is 14.7. The minimum absolute atomic E-state index is 0.191. The summed E-state index contributed by atoms with van der Waals surface area (Å²) in [5.41, 5.74) is 2.32. The Morgan fingerprint density at radius 1 is 1.05 bits per heavy atom. The van der Waals surface area contributed by atoms with Gasteiger partial charge >= 0.3 is 12.3 Å². The van der Waals surface area contributed by atoms with Gasteiger partial charge in [0.25, 0.3) is 5.91 Å². The summed E-state index contributed by atoms with van der Waals surface area (Å²) in [4.78, 5) is 35.9. The van der Waals surface area contributed by atoms with Crippen molar-refractivity contribution in [1.82, 2.24) is 0 Å². The number of hydrogen-bond donors (Lipinski definition) is 1. The molecule has 8 nitrogen and oxygen atoms in total. The van der Waals surface area contributed by atoms with E-state index in [2.05, 4.69) is 10.1 Å². The minimum Gasteiger partial charge on any atom is -0.483 e. The molecule has 0 aromatic heterocycles. The number of amides is 1. The summed E-state index contributed by atoms with van der Waals surface area (Å²) in [5.74, 6) is 0.516. The second-order valence-electron chi connectivity index (χ2n) is 8.41. The van der Waals surface area contributed by atoms with Gasteiger partial charge in [0.1, 0.15) is 17.2 Å².